The number of esters is 1. The van der Waals surface area contributed by atoms with E-state index in [2.05, 4.69) is 6.58 Å². The Morgan fingerprint density at radius 3 is 2.42 bits per heavy atom. The van der Waals surface area contributed by atoms with Crippen molar-refractivity contribution in [3.63, 3.8) is 0 Å². The van der Waals surface area contributed by atoms with Crippen molar-refractivity contribution in [2.45, 2.75) is 39.8 Å². The number of carbonyl (C=O) groups is 1. The van der Waals surface area contributed by atoms with Crippen molar-refractivity contribution in [1.29, 1.82) is 0 Å². The first-order valence-corrected chi connectivity index (χ1v) is 6.29. The largest absolute Gasteiger partial charge is 0.465 e. The minimum Gasteiger partial charge on any atom is -0.465 e. The van der Waals surface area contributed by atoms with Gasteiger partial charge in [0, 0.05) is 6.42 Å². The van der Waals surface area contributed by atoms with E-state index in [0.29, 0.717) is 12.2 Å². The first-order valence-electron chi connectivity index (χ1n) is 6.29. The smallest absolute Gasteiger partial charge is 0.307 e. The van der Waals surface area contributed by atoms with E-state index < -0.39 is 12.6 Å². The number of benzene rings is 1. The number of rotatable bonds is 7. The Morgan fingerprint density at radius 2 is 1.89 bits per heavy atom. The molecule has 0 aromatic heterocycles. The summed E-state index contributed by atoms with van der Waals surface area (Å²) in [5, 5.41) is 0. The minimum atomic E-state index is -0.630. The van der Waals surface area contributed by atoms with Crippen LogP contribution in [0.2, 0.25) is 0 Å². The van der Waals surface area contributed by atoms with E-state index in [1.165, 1.54) is 0 Å². The van der Waals surface area contributed by atoms with E-state index in [4.69, 9.17) is 14.2 Å². The van der Waals surface area contributed by atoms with E-state index in [-0.39, 0.29) is 5.97 Å². The maximum atomic E-state index is 11.1. The molecular weight excluding hydrogens is 244 g/mol. The molecule has 0 bridgehead atoms. The average Bonchev–Trinajstić information content (AvgIpc) is 2.39. The molecular formula is C15H20O4. The van der Waals surface area contributed by atoms with Crippen LogP contribution < -0.4 is 4.74 Å². The molecule has 2 unspecified atom stereocenters. The second kappa shape index (κ2) is 7.59. The predicted molar refractivity (Wildman–Crippen MR) is 73.6 cm³/mol. The van der Waals surface area contributed by atoms with Crippen molar-refractivity contribution in [2.24, 2.45) is 0 Å². The molecule has 0 radical (unpaired) electrons. The zero-order chi connectivity index (χ0) is 14.3. The van der Waals surface area contributed by atoms with Gasteiger partial charge in [-0.05, 0) is 31.5 Å². The number of ether oxygens (including phenoxy) is 3. The maximum Gasteiger partial charge on any atom is 0.307 e. The molecule has 1 rings (SSSR count). The zero-order valence-corrected chi connectivity index (χ0v) is 11.6. The third-order valence-corrected chi connectivity index (χ3v) is 2.39. The summed E-state index contributed by atoms with van der Waals surface area (Å²) in [7, 11) is 0. The molecule has 19 heavy (non-hydrogen) atoms. The lowest BCUT2D eigenvalue weighted by atomic mass is 10.2. The highest BCUT2D eigenvalue weighted by Gasteiger charge is 2.13. The molecule has 2 atom stereocenters. The van der Waals surface area contributed by atoms with Crippen molar-refractivity contribution in [3.05, 3.63) is 36.4 Å². The van der Waals surface area contributed by atoms with E-state index in [9.17, 15) is 4.79 Å². The highest BCUT2D eigenvalue weighted by atomic mass is 16.8. The van der Waals surface area contributed by atoms with Gasteiger partial charge < -0.3 is 14.2 Å². The molecule has 0 saturated carbocycles. The zero-order valence-electron chi connectivity index (χ0n) is 11.6. The van der Waals surface area contributed by atoms with Crippen molar-refractivity contribution in [3.8, 4) is 5.75 Å². The summed E-state index contributed by atoms with van der Waals surface area (Å²) in [6, 6.07) is 7.46. The summed E-state index contributed by atoms with van der Waals surface area (Å²) in [6.07, 6.45) is 0.950. The lowest BCUT2D eigenvalue weighted by Crippen LogP contribution is -2.26. The van der Waals surface area contributed by atoms with Gasteiger partial charge in [0.05, 0.1) is 0 Å². The highest BCUT2D eigenvalue weighted by Crippen LogP contribution is 2.15. The number of carbonyl (C=O) groups excluding carboxylic acids is 1. The normalized spacial score (nSPS) is 13.4. The summed E-state index contributed by atoms with van der Waals surface area (Å²) in [6.45, 7) is 8.82. The number of hydrogen-bond donors (Lipinski definition) is 0. The lowest BCUT2D eigenvalue weighted by Gasteiger charge is -2.20. The molecule has 0 amide bonds. The number of hydrogen-bond acceptors (Lipinski definition) is 4. The molecule has 4 nitrogen and oxygen atoms in total. The van der Waals surface area contributed by atoms with Crippen LogP contribution >= 0.6 is 0 Å². The van der Waals surface area contributed by atoms with Gasteiger partial charge in [0.2, 0.25) is 12.6 Å². The lowest BCUT2D eigenvalue weighted by molar-refractivity contribution is -0.208. The van der Waals surface area contributed by atoms with E-state index in [1.54, 1.807) is 26.8 Å². The molecule has 0 spiro atoms. The maximum absolute atomic E-state index is 11.1. The van der Waals surface area contributed by atoms with Gasteiger partial charge in [-0.3, -0.25) is 4.79 Å². The van der Waals surface area contributed by atoms with Crippen LogP contribution in [0, 0.1) is 0 Å². The Bertz CT molecular complexity index is 411. The first-order chi connectivity index (χ1) is 9.05. The van der Waals surface area contributed by atoms with E-state index in [1.807, 2.05) is 24.3 Å². The van der Waals surface area contributed by atoms with Gasteiger partial charge >= 0.3 is 5.97 Å². The monoisotopic (exact) mass is 264 g/mol. The van der Waals surface area contributed by atoms with Crippen LogP contribution in [0.5, 0.6) is 5.75 Å². The van der Waals surface area contributed by atoms with Crippen LogP contribution in [0.15, 0.2) is 30.8 Å². The molecule has 0 aliphatic heterocycles. The van der Waals surface area contributed by atoms with Crippen molar-refractivity contribution >= 4 is 12.0 Å². The van der Waals surface area contributed by atoms with E-state index in [0.717, 1.165) is 5.56 Å². The fourth-order valence-corrected chi connectivity index (χ4v) is 1.47. The fourth-order valence-electron chi connectivity index (χ4n) is 1.47. The Kier molecular flexibility index (Phi) is 6.09. The summed E-state index contributed by atoms with van der Waals surface area (Å²) < 4.78 is 15.9. The standard InChI is InChI=1S/C15H20O4/c1-5-13-7-9-14(10-8-13)18-11(3)17-12(4)19-15(16)6-2/h5,7-12H,1,6H2,2-4H3. The van der Waals surface area contributed by atoms with Gasteiger partial charge in [0.15, 0.2) is 0 Å². The molecule has 4 heteroatoms. The quantitative estimate of drug-likeness (QED) is 0.559. The first kappa shape index (κ1) is 15.2. The molecule has 0 saturated heterocycles. The van der Waals surface area contributed by atoms with E-state index >= 15 is 0 Å². The summed E-state index contributed by atoms with van der Waals surface area (Å²) in [5.74, 6) is 0.391. The minimum absolute atomic E-state index is 0.296. The molecule has 1 aromatic rings. The van der Waals surface area contributed by atoms with Gasteiger partial charge in [-0.15, -0.1) is 0 Å². The third kappa shape index (κ3) is 5.57. The molecule has 104 valence electrons. The second-order valence-electron chi connectivity index (χ2n) is 4.01. The molecule has 0 aliphatic carbocycles. The van der Waals surface area contributed by atoms with Crippen LogP contribution in [0.1, 0.15) is 32.8 Å². The van der Waals surface area contributed by atoms with Gasteiger partial charge in [-0.2, -0.15) is 0 Å². The second-order valence-corrected chi connectivity index (χ2v) is 4.01. The Morgan fingerprint density at radius 1 is 1.26 bits per heavy atom. The van der Waals surface area contributed by atoms with Crippen LogP contribution in [0.4, 0.5) is 0 Å². The van der Waals surface area contributed by atoms with Crippen molar-refractivity contribution < 1.29 is 19.0 Å². The molecule has 0 N–H and O–H groups in total. The summed E-state index contributed by atoms with van der Waals surface area (Å²) in [4.78, 5) is 11.1. The highest BCUT2D eigenvalue weighted by molar-refractivity contribution is 5.68. The van der Waals surface area contributed by atoms with Crippen LogP contribution in [0.25, 0.3) is 6.08 Å². The molecule has 0 aliphatic rings. The summed E-state index contributed by atoms with van der Waals surface area (Å²) in [5.41, 5.74) is 1.02. The third-order valence-electron chi connectivity index (χ3n) is 2.39. The Labute approximate surface area is 114 Å². The molecule has 1 aromatic carbocycles. The average molecular weight is 264 g/mol. The topological polar surface area (TPSA) is 44.8 Å². The van der Waals surface area contributed by atoms with Crippen molar-refractivity contribution in [2.75, 3.05) is 0 Å². The van der Waals surface area contributed by atoms with Gasteiger partial charge in [0.25, 0.3) is 0 Å². The van der Waals surface area contributed by atoms with Crippen molar-refractivity contribution in [1.82, 2.24) is 0 Å². The molecule has 0 heterocycles. The SMILES string of the molecule is C=Cc1ccc(OC(C)OC(C)OC(=O)CC)cc1. The Balaban J connectivity index is 2.43. The fraction of sp³-hybridized carbons (Fsp3) is 0.400. The summed E-state index contributed by atoms with van der Waals surface area (Å²) >= 11 is 0. The Hall–Kier alpha value is -1.81. The molecule has 0 fully saturated rings. The van der Waals surface area contributed by atoms with Gasteiger partial charge in [-0.25, -0.2) is 0 Å². The van der Waals surface area contributed by atoms with Crippen LogP contribution in [-0.4, -0.2) is 18.5 Å². The van der Waals surface area contributed by atoms with Gasteiger partial charge in [-0.1, -0.05) is 31.7 Å². The predicted octanol–water partition coefficient (Wildman–Crippen LogP) is 3.37. The van der Waals surface area contributed by atoms with Gasteiger partial charge in [0.1, 0.15) is 5.75 Å². The van der Waals surface area contributed by atoms with Crippen LogP contribution in [0.3, 0.4) is 0 Å². The van der Waals surface area contributed by atoms with Crippen LogP contribution in [-0.2, 0) is 14.3 Å².